The molecule has 5 heteroatoms. The SMILES string of the molecule is NCc1cnc(N2CCOc3ccccc3C2)nc1. The van der Waals surface area contributed by atoms with E-state index in [4.69, 9.17) is 10.5 Å². The number of benzene rings is 1. The first kappa shape index (κ1) is 11.9. The van der Waals surface area contributed by atoms with E-state index in [2.05, 4.69) is 20.9 Å². The summed E-state index contributed by atoms with van der Waals surface area (Å²) in [6.07, 6.45) is 3.56. The predicted octanol–water partition coefficient (Wildman–Crippen LogP) is 1.33. The van der Waals surface area contributed by atoms with Crippen LogP contribution in [0.4, 0.5) is 5.95 Å². The lowest BCUT2D eigenvalue weighted by Crippen LogP contribution is -2.27. The van der Waals surface area contributed by atoms with Crippen LogP contribution in [0.3, 0.4) is 0 Å². The summed E-state index contributed by atoms with van der Waals surface area (Å²) in [6.45, 7) is 2.64. The first-order valence-electron chi connectivity index (χ1n) is 6.33. The largest absolute Gasteiger partial charge is 0.491 e. The molecule has 0 atom stereocenters. The topological polar surface area (TPSA) is 64.3 Å². The van der Waals surface area contributed by atoms with Crippen LogP contribution >= 0.6 is 0 Å². The molecule has 3 rings (SSSR count). The van der Waals surface area contributed by atoms with Crippen molar-refractivity contribution in [1.82, 2.24) is 9.97 Å². The Morgan fingerprint density at radius 2 is 2.00 bits per heavy atom. The van der Waals surface area contributed by atoms with Gasteiger partial charge in [0.15, 0.2) is 0 Å². The maximum atomic E-state index is 5.73. The van der Waals surface area contributed by atoms with E-state index in [9.17, 15) is 0 Å². The Morgan fingerprint density at radius 1 is 1.21 bits per heavy atom. The van der Waals surface area contributed by atoms with Gasteiger partial charge in [-0.3, -0.25) is 0 Å². The van der Waals surface area contributed by atoms with Crippen molar-refractivity contribution >= 4 is 5.95 Å². The van der Waals surface area contributed by atoms with Gasteiger partial charge in [-0.05, 0) is 6.07 Å². The minimum absolute atomic E-state index is 0.465. The number of hydrogen-bond acceptors (Lipinski definition) is 5. The van der Waals surface area contributed by atoms with Crippen LogP contribution in [0.25, 0.3) is 0 Å². The molecule has 0 spiro atoms. The molecule has 0 saturated carbocycles. The molecular formula is C14H16N4O. The average molecular weight is 256 g/mol. The van der Waals surface area contributed by atoms with E-state index in [1.165, 1.54) is 0 Å². The summed E-state index contributed by atoms with van der Waals surface area (Å²) in [6, 6.07) is 8.07. The van der Waals surface area contributed by atoms with Gasteiger partial charge in [-0.2, -0.15) is 0 Å². The molecule has 0 bridgehead atoms. The van der Waals surface area contributed by atoms with Crippen LogP contribution in [0.2, 0.25) is 0 Å². The molecule has 2 N–H and O–H groups in total. The number of hydrogen-bond donors (Lipinski definition) is 1. The van der Waals surface area contributed by atoms with Crippen LogP contribution in [0, 0.1) is 0 Å². The molecule has 0 fully saturated rings. The number of anilines is 1. The van der Waals surface area contributed by atoms with Crippen LogP contribution in [0.15, 0.2) is 36.7 Å². The Balaban J connectivity index is 1.85. The van der Waals surface area contributed by atoms with Crippen LogP contribution in [-0.4, -0.2) is 23.1 Å². The monoisotopic (exact) mass is 256 g/mol. The minimum atomic E-state index is 0.465. The van der Waals surface area contributed by atoms with Crippen molar-refractivity contribution < 1.29 is 4.74 Å². The molecule has 0 aliphatic carbocycles. The molecule has 0 unspecified atom stereocenters. The summed E-state index contributed by atoms with van der Waals surface area (Å²) in [5.74, 6) is 1.67. The molecule has 1 aromatic carbocycles. The summed E-state index contributed by atoms with van der Waals surface area (Å²) in [4.78, 5) is 10.9. The van der Waals surface area contributed by atoms with Gasteiger partial charge >= 0.3 is 0 Å². The molecule has 0 radical (unpaired) electrons. The predicted molar refractivity (Wildman–Crippen MR) is 72.9 cm³/mol. The summed E-state index contributed by atoms with van der Waals surface area (Å²) in [7, 11) is 0. The highest BCUT2D eigenvalue weighted by Gasteiger charge is 2.16. The third-order valence-electron chi connectivity index (χ3n) is 3.16. The molecule has 19 heavy (non-hydrogen) atoms. The lowest BCUT2D eigenvalue weighted by atomic mass is 10.2. The molecule has 0 amide bonds. The van der Waals surface area contributed by atoms with Crippen molar-refractivity contribution in [2.75, 3.05) is 18.1 Å². The number of ether oxygens (including phenoxy) is 1. The normalized spacial score (nSPS) is 14.5. The first-order chi connectivity index (χ1) is 9.36. The molecule has 2 aromatic rings. The first-order valence-corrected chi connectivity index (χ1v) is 6.33. The van der Waals surface area contributed by atoms with Gasteiger partial charge in [-0.15, -0.1) is 0 Å². The maximum absolute atomic E-state index is 5.73. The number of rotatable bonds is 2. The van der Waals surface area contributed by atoms with Gasteiger partial charge in [-0.25, -0.2) is 9.97 Å². The van der Waals surface area contributed by atoms with Gasteiger partial charge in [0, 0.05) is 36.6 Å². The van der Waals surface area contributed by atoms with Gasteiger partial charge in [0.1, 0.15) is 12.4 Å². The zero-order valence-electron chi connectivity index (χ0n) is 10.6. The Labute approximate surface area is 112 Å². The Morgan fingerprint density at radius 3 is 2.79 bits per heavy atom. The highest BCUT2D eigenvalue weighted by molar-refractivity contribution is 5.40. The number of para-hydroxylation sites is 1. The maximum Gasteiger partial charge on any atom is 0.225 e. The summed E-state index contributed by atoms with van der Waals surface area (Å²) in [5.41, 5.74) is 7.65. The van der Waals surface area contributed by atoms with Gasteiger partial charge < -0.3 is 15.4 Å². The lowest BCUT2D eigenvalue weighted by molar-refractivity contribution is 0.331. The van der Waals surface area contributed by atoms with Crippen LogP contribution in [-0.2, 0) is 13.1 Å². The second-order valence-electron chi connectivity index (χ2n) is 4.47. The fourth-order valence-electron chi connectivity index (χ4n) is 2.11. The third kappa shape index (κ3) is 2.51. The zero-order chi connectivity index (χ0) is 13.1. The number of fused-ring (bicyclic) bond motifs is 1. The standard InChI is InChI=1S/C14H16N4O/c15-7-11-8-16-14(17-9-11)18-5-6-19-13-4-2-1-3-12(13)10-18/h1-4,8-9H,5-7,10,15H2. The lowest BCUT2D eigenvalue weighted by Gasteiger charge is -2.19. The van der Waals surface area contributed by atoms with Crippen molar-refractivity contribution in [2.45, 2.75) is 13.1 Å². The molecule has 98 valence electrons. The molecule has 1 aromatic heterocycles. The molecule has 0 saturated heterocycles. The fraction of sp³-hybridized carbons (Fsp3) is 0.286. The van der Waals surface area contributed by atoms with Gasteiger partial charge in [0.2, 0.25) is 5.95 Å². The second-order valence-corrected chi connectivity index (χ2v) is 4.47. The molecular weight excluding hydrogens is 240 g/mol. The fourth-order valence-corrected chi connectivity index (χ4v) is 2.11. The highest BCUT2D eigenvalue weighted by Crippen LogP contribution is 2.24. The molecule has 1 aliphatic rings. The smallest absolute Gasteiger partial charge is 0.225 e. The van der Waals surface area contributed by atoms with Crippen LogP contribution in [0.5, 0.6) is 5.75 Å². The van der Waals surface area contributed by atoms with E-state index >= 15 is 0 Å². The number of nitrogens with two attached hydrogens (primary N) is 1. The van der Waals surface area contributed by atoms with Gasteiger partial charge in [0.25, 0.3) is 0 Å². The van der Waals surface area contributed by atoms with Crippen LogP contribution in [0.1, 0.15) is 11.1 Å². The van der Waals surface area contributed by atoms with Crippen LogP contribution < -0.4 is 15.4 Å². The second kappa shape index (κ2) is 5.24. The molecule has 5 nitrogen and oxygen atoms in total. The van der Waals surface area contributed by atoms with Crippen molar-refractivity contribution in [3.8, 4) is 5.75 Å². The van der Waals surface area contributed by atoms with E-state index in [0.29, 0.717) is 13.2 Å². The third-order valence-corrected chi connectivity index (χ3v) is 3.16. The summed E-state index contributed by atoms with van der Waals surface area (Å²) < 4.78 is 5.73. The summed E-state index contributed by atoms with van der Waals surface area (Å²) >= 11 is 0. The number of aromatic nitrogens is 2. The van der Waals surface area contributed by atoms with Crippen molar-refractivity contribution in [3.63, 3.8) is 0 Å². The molecule has 2 heterocycles. The zero-order valence-corrected chi connectivity index (χ0v) is 10.6. The number of nitrogens with zero attached hydrogens (tertiary/aromatic N) is 3. The Bertz CT molecular complexity index is 556. The van der Waals surface area contributed by atoms with E-state index in [0.717, 1.165) is 35.9 Å². The van der Waals surface area contributed by atoms with E-state index in [1.54, 1.807) is 12.4 Å². The van der Waals surface area contributed by atoms with Crippen molar-refractivity contribution in [1.29, 1.82) is 0 Å². The minimum Gasteiger partial charge on any atom is -0.491 e. The quantitative estimate of drug-likeness (QED) is 0.878. The van der Waals surface area contributed by atoms with E-state index in [1.807, 2.05) is 18.2 Å². The Kier molecular flexibility index (Phi) is 3.29. The van der Waals surface area contributed by atoms with Crippen molar-refractivity contribution in [3.05, 3.63) is 47.8 Å². The summed E-state index contributed by atoms with van der Waals surface area (Å²) in [5, 5.41) is 0. The van der Waals surface area contributed by atoms with Crippen molar-refractivity contribution in [2.24, 2.45) is 5.73 Å². The highest BCUT2D eigenvalue weighted by atomic mass is 16.5. The van der Waals surface area contributed by atoms with Gasteiger partial charge in [0.05, 0.1) is 6.54 Å². The average Bonchev–Trinajstić information content (AvgIpc) is 2.69. The Hall–Kier alpha value is -2.14. The van der Waals surface area contributed by atoms with Gasteiger partial charge in [-0.1, -0.05) is 18.2 Å². The van der Waals surface area contributed by atoms with E-state index < -0.39 is 0 Å². The van der Waals surface area contributed by atoms with E-state index in [-0.39, 0.29) is 0 Å². The molecule has 1 aliphatic heterocycles.